The highest BCUT2D eigenvalue weighted by molar-refractivity contribution is 5.82. The topological polar surface area (TPSA) is 72.9 Å². The van der Waals surface area contributed by atoms with Crippen LogP contribution in [-0.4, -0.2) is 66.7 Å². The minimum absolute atomic E-state index is 0.325. The van der Waals surface area contributed by atoms with Crippen molar-refractivity contribution in [3.8, 4) is 0 Å². The Morgan fingerprint density at radius 2 is 2.24 bits per heavy atom. The van der Waals surface area contributed by atoms with Crippen LogP contribution < -0.4 is 5.32 Å². The Hall–Kier alpha value is -1.30. The van der Waals surface area contributed by atoms with E-state index in [1.807, 2.05) is 0 Å². The molecule has 1 unspecified atom stereocenters. The van der Waals surface area contributed by atoms with Crippen molar-refractivity contribution in [1.82, 2.24) is 15.1 Å². The van der Waals surface area contributed by atoms with Crippen LogP contribution in [0.4, 0.5) is 4.79 Å². The molecule has 6 nitrogen and oxygen atoms in total. The Labute approximate surface area is 102 Å². The molecule has 98 valence electrons. The van der Waals surface area contributed by atoms with E-state index in [0.29, 0.717) is 12.5 Å². The van der Waals surface area contributed by atoms with Gasteiger partial charge in [0, 0.05) is 20.1 Å². The van der Waals surface area contributed by atoms with Crippen molar-refractivity contribution < 1.29 is 14.7 Å². The third kappa shape index (κ3) is 4.22. The number of aliphatic carboxylic acids is 1. The van der Waals surface area contributed by atoms with Gasteiger partial charge in [-0.2, -0.15) is 0 Å². The molecule has 2 amide bonds. The number of hydrogen-bond donors (Lipinski definition) is 2. The molecule has 1 fully saturated rings. The fourth-order valence-corrected chi connectivity index (χ4v) is 2.00. The summed E-state index contributed by atoms with van der Waals surface area (Å²) in [6, 6.07) is -1.18. The number of amides is 2. The van der Waals surface area contributed by atoms with Gasteiger partial charge >= 0.3 is 12.0 Å². The van der Waals surface area contributed by atoms with Gasteiger partial charge in [-0.15, -0.1) is 0 Å². The maximum Gasteiger partial charge on any atom is 0.325 e. The van der Waals surface area contributed by atoms with Crippen LogP contribution in [0.25, 0.3) is 0 Å². The van der Waals surface area contributed by atoms with Crippen molar-refractivity contribution in [3.05, 3.63) is 0 Å². The first kappa shape index (κ1) is 13.8. The monoisotopic (exact) mass is 243 g/mol. The molecule has 2 N–H and O–H groups in total. The van der Waals surface area contributed by atoms with Gasteiger partial charge in [0.1, 0.15) is 6.04 Å². The number of carbonyl (C=O) groups is 2. The Kier molecular flexibility index (Phi) is 4.74. The molecule has 17 heavy (non-hydrogen) atoms. The van der Waals surface area contributed by atoms with E-state index in [-0.39, 0.29) is 6.03 Å². The molecule has 0 aromatic heterocycles. The van der Waals surface area contributed by atoms with Gasteiger partial charge in [-0.25, -0.2) is 4.79 Å². The van der Waals surface area contributed by atoms with Crippen molar-refractivity contribution in [2.24, 2.45) is 5.92 Å². The Bertz CT molecular complexity index is 296. The Morgan fingerprint density at radius 1 is 1.59 bits per heavy atom. The molecule has 0 radical (unpaired) electrons. The maximum absolute atomic E-state index is 11.7. The minimum Gasteiger partial charge on any atom is -0.480 e. The lowest BCUT2D eigenvalue weighted by Gasteiger charge is -2.22. The van der Waals surface area contributed by atoms with Gasteiger partial charge in [0.2, 0.25) is 0 Å². The average molecular weight is 243 g/mol. The number of likely N-dealkylation sites (tertiary alicyclic amines) is 1. The van der Waals surface area contributed by atoms with Gasteiger partial charge < -0.3 is 20.2 Å². The number of carboxylic acids is 1. The number of hydrogen-bond acceptors (Lipinski definition) is 3. The molecule has 1 rings (SSSR count). The summed E-state index contributed by atoms with van der Waals surface area (Å²) in [4.78, 5) is 26.1. The average Bonchev–Trinajstić information content (AvgIpc) is 2.63. The molecule has 6 heteroatoms. The van der Waals surface area contributed by atoms with Crippen LogP contribution in [0.15, 0.2) is 0 Å². The zero-order chi connectivity index (χ0) is 13.0. The molecule has 0 aromatic carbocycles. The quantitative estimate of drug-likeness (QED) is 0.732. The van der Waals surface area contributed by atoms with E-state index in [1.54, 1.807) is 11.9 Å². The van der Waals surface area contributed by atoms with E-state index in [0.717, 1.165) is 19.5 Å². The zero-order valence-electron chi connectivity index (χ0n) is 10.6. The third-order valence-corrected chi connectivity index (χ3v) is 3.08. The van der Waals surface area contributed by atoms with Crippen LogP contribution in [0.3, 0.4) is 0 Å². The van der Waals surface area contributed by atoms with Crippen molar-refractivity contribution in [3.63, 3.8) is 0 Å². The molecule has 0 bridgehead atoms. The maximum atomic E-state index is 11.7. The summed E-state index contributed by atoms with van der Waals surface area (Å²) in [6.07, 6.45) is 1.09. The lowest BCUT2D eigenvalue weighted by atomic mass is 10.1. The zero-order valence-corrected chi connectivity index (χ0v) is 10.6. The minimum atomic E-state index is -1.02. The van der Waals surface area contributed by atoms with Crippen LogP contribution in [0.5, 0.6) is 0 Å². The SMILES string of the molecule is C[C@H](NC(=O)N(C)CC1CCN(C)C1)C(=O)O. The van der Waals surface area contributed by atoms with Gasteiger partial charge in [0.15, 0.2) is 0 Å². The van der Waals surface area contributed by atoms with Gasteiger partial charge in [-0.05, 0) is 32.9 Å². The van der Waals surface area contributed by atoms with Crippen molar-refractivity contribution in [1.29, 1.82) is 0 Å². The predicted octanol–water partition coefficient (Wildman–Crippen LogP) is 0.0526. The summed E-state index contributed by atoms with van der Waals surface area (Å²) in [5.74, 6) is -0.539. The second-order valence-corrected chi connectivity index (χ2v) is 4.81. The van der Waals surface area contributed by atoms with Gasteiger partial charge in [-0.3, -0.25) is 4.79 Å². The number of rotatable bonds is 4. The summed E-state index contributed by atoms with van der Waals surface area (Å²) in [5, 5.41) is 11.1. The molecule has 1 aliphatic heterocycles. The Balaban J connectivity index is 2.34. The van der Waals surface area contributed by atoms with Crippen LogP contribution in [-0.2, 0) is 4.79 Å². The number of nitrogens with zero attached hydrogens (tertiary/aromatic N) is 2. The summed E-state index contributed by atoms with van der Waals surface area (Å²) < 4.78 is 0. The van der Waals surface area contributed by atoms with Gasteiger partial charge in [0.05, 0.1) is 0 Å². The van der Waals surface area contributed by atoms with Crippen LogP contribution >= 0.6 is 0 Å². The second-order valence-electron chi connectivity index (χ2n) is 4.81. The first-order valence-corrected chi connectivity index (χ1v) is 5.83. The van der Waals surface area contributed by atoms with Crippen LogP contribution in [0.1, 0.15) is 13.3 Å². The molecule has 1 aliphatic rings. The first-order valence-electron chi connectivity index (χ1n) is 5.83. The number of nitrogens with one attached hydrogen (secondary N) is 1. The molecule has 2 atom stereocenters. The number of carbonyl (C=O) groups excluding carboxylic acids is 1. The molecule has 1 saturated heterocycles. The Morgan fingerprint density at radius 3 is 2.71 bits per heavy atom. The van der Waals surface area contributed by atoms with Crippen molar-refractivity contribution >= 4 is 12.0 Å². The second kappa shape index (κ2) is 5.86. The smallest absolute Gasteiger partial charge is 0.325 e. The van der Waals surface area contributed by atoms with E-state index >= 15 is 0 Å². The lowest BCUT2D eigenvalue weighted by Crippen LogP contribution is -2.46. The molecule has 0 aliphatic carbocycles. The molecule has 0 saturated carbocycles. The number of carboxylic acid groups (broad SMARTS) is 1. The summed E-state index contributed by atoms with van der Waals surface area (Å²) in [7, 11) is 3.76. The fourth-order valence-electron chi connectivity index (χ4n) is 2.00. The predicted molar refractivity (Wildman–Crippen MR) is 63.9 cm³/mol. The van der Waals surface area contributed by atoms with E-state index in [1.165, 1.54) is 6.92 Å². The molecule has 1 heterocycles. The summed E-state index contributed by atoms with van der Waals surface area (Å²) in [6.45, 7) is 4.18. The first-order chi connectivity index (χ1) is 7.90. The molecule has 0 spiro atoms. The molecule has 0 aromatic rings. The van der Waals surface area contributed by atoms with E-state index < -0.39 is 12.0 Å². The van der Waals surface area contributed by atoms with Gasteiger partial charge in [0.25, 0.3) is 0 Å². The van der Waals surface area contributed by atoms with Crippen molar-refractivity contribution in [2.75, 3.05) is 33.7 Å². The fraction of sp³-hybridized carbons (Fsp3) is 0.818. The van der Waals surface area contributed by atoms with E-state index in [4.69, 9.17) is 5.11 Å². The van der Waals surface area contributed by atoms with Crippen LogP contribution in [0.2, 0.25) is 0 Å². The third-order valence-electron chi connectivity index (χ3n) is 3.08. The highest BCUT2D eigenvalue weighted by Crippen LogP contribution is 2.14. The molecular formula is C11H21N3O3. The van der Waals surface area contributed by atoms with E-state index in [9.17, 15) is 9.59 Å². The molecular weight excluding hydrogens is 222 g/mol. The van der Waals surface area contributed by atoms with E-state index in [2.05, 4.69) is 17.3 Å². The lowest BCUT2D eigenvalue weighted by molar-refractivity contribution is -0.138. The standard InChI is InChI=1S/C11H21N3O3/c1-8(10(15)16)12-11(17)14(3)7-9-4-5-13(2)6-9/h8-9H,4-7H2,1-3H3,(H,12,17)(H,15,16)/t8-,9?/m0/s1. The van der Waals surface area contributed by atoms with Crippen LogP contribution in [0, 0.1) is 5.92 Å². The highest BCUT2D eigenvalue weighted by Gasteiger charge is 2.23. The summed E-state index contributed by atoms with van der Waals surface area (Å²) in [5.41, 5.74) is 0. The summed E-state index contributed by atoms with van der Waals surface area (Å²) >= 11 is 0. The van der Waals surface area contributed by atoms with Gasteiger partial charge in [-0.1, -0.05) is 0 Å². The largest absolute Gasteiger partial charge is 0.480 e. The number of urea groups is 1. The van der Waals surface area contributed by atoms with Crippen molar-refractivity contribution in [2.45, 2.75) is 19.4 Å². The normalized spacial score (nSPS) is 22.2. The highest BCUT2D eigenvalue weighted by atomic mass is 16.4.